The Morgan fingerprint density at radius 3 is 2.72 bits per heavy atom. The second-order valence-electron chi connectivity index (χ2n) is 3.73. The number of nitrogens with one attached hydrogen (secondary N) is 1. The molecule has 0 amide bonds. The van der Waals surface area contributed by atoms with Crippen LogP contribution in [-0.4, -0.2) is 0 Å². The Morgan fingerprint density at radius 1 is 1.22 bits per heavy atom. The van der Waals surface area contributed by atoms with E-state index in [1.54, 1.807) is 12.1 Å². The molecule has 0 saturated heterocycles. The van der Waals surface area contributed by atoms with Crippen molar-refractivity contribution < 1.29 is 4.39 Å². The van der Waals surface area contributed by atoms with Crippen molar-refractivity contribution in [3.8, 4) is 0 Å². The van der Waals surface area contributed by atoms with Crippen LogP contribution in [0.3, 0.4) is 0 Å². The van der Waals surface area contributed by atoms with Gasteiger partial charge in [-0.15, -0.1) is 0 Å². The van der Waals surface area contributed by atoms with Gasteiger partial charge in [0.15, 0.2) is 0 Å². The summed E-state index contributed by atoms with van der Waals surface area (Å²) in [6, 6.07) is 10.7. The predicted molar refractivity (Wildman–Crippen MR) is 85.6 cm³/mol. The molecule has 2 rings (SSSR count). The fraction of sp³-hybridized carbons (Fsp3) is 0.0769. The molecular formula is C13H9BrClFIN. The van der Waals surface area contributed by atoms with Gasteiger partial charge in [-0.3, -0.25) is 0 Å². The predicted octanol–water partition coefficient (Wildman–Crippen LogP) is 5.46. The summed E-state index contributed by atoms with van der Waals surface area (Å²) in [6.45, 7) is 0.596. The van der Waals surface area contributed by atoms with E-state index in [1.807, 2.05) is 18.2 Å². The fourth-order valence-corrected chi connectivity index (χ4v) is 2.58. The van der Waals surface area contributed by atoms with Gasteiger partial charge in [-0.05, 0) is 74.4 Å². The minimum atomic E-state index is -0.258. The van der Waals surface area contributed by atoms with Crippen molar-refractivity contribution in [2.24, 2.45) is 0 Å². The van der Waals surface area contributed by atoms with Crippen LogP contribution in [0.15, 0.2) is 40.9 Å². The molecule has 2 aromatic rings. The third-order valence-electron chi connectivity index (χ3n) is 2.40. The van der Waals surface area contributed by atoms with E-state index >= 15 is 0 Å². The zero-order valence-corrected chi connectivity index (χ0v) is 13.7. The van der Waals surface area contributed by atoms with E-state index in [2.05, 4.69) is 43.8 Å². The zero-order chi connectivity index (χ0) is 13.1. The summed E-state index contributed by atoms with van der Waals surface area (Å²) >= 11 is 11.5. The first kappa shape index (κ1) is 14.1. The van der Waals surface area contributed by atoms with Crippen molar-refractivity contribution in [3.05, 3.63) is 60.8 Å². The SMILES string of the molecule is Fc1ccc(CNc2cc(I)ccc2Cl)cc1Br. The van der Waals surface area contributed by atoms with Crippen LogP contribution in [0.25, 0.3) is 0 Å². The molecule has 1 nitrogen and oxygen atoms in total. The van der Waals surface area contributed by atoms with E-state index in [9.17, 15) is 4.39 Å². The van der Waals surface area contributed by atoms with Gasteiger partial charge in [-0.1, -0.05) is 17.7 Å². The van der Waals surface area contributed by atoms with E-state index in [1.165, 1.54) is 6.07 Å². The molecule has 0 saturated carbocycles. The highest BCUT2D eigenvalue weighted by Crippen LogP contribution is 2.25. The van der Waals surface area contributed by atoms with Crippen LogP contribution in [0.4, 0.5) is 10.1 Å². The number of hydrogen-bond acceptors (Lipinski definition) is 1. The van der Waals surface area contributed by atoms with Crippen LogP contribution in [0, 0.1) is 9.39 Å². The molecule has 0 aliphatic heterocycles. The molecular weight excluding hydrogens is 431 g/mol. The van der Waals surface area contributed by atoms with Crippen LogP contribution < -0.4 is 5.32 Å². The van der Waals surface area contributed by atoms with E-state index in [4.69, 9.17) is 11.6 Å². The van der Waals surface area contributed by atoms with E-state index < -0.39 is 0 Å². The van der Waals surface area contributed by atoms with Crippen molar-refractivity contribution in [3.63, 3.8) is 0 Å². The Balaban J connectivity index is 2.11. The second-order valence-corrected chi connectivity index (χ2v) is 6.23. The summed E-state index contributed by atoms with van der Waals surface area (Å²) in [5.74, 6) is -0.258. The van der Waals surface area contributed by atoms with Crippen LogP contribution in [0.2, 0.25) is 5.02 Å². The van der Waals surface area contributed by atoms with Crippen LogP contribution in [0.1, 0.15) is 5.56 Å². The summed E-state index contributed by atoms with van der Waals surface area (Å²) in [5.41, 5.74) is 1.86. The van der Waals surface area contributed by atoms with Gasteiger partial charge in [-0.25, -0.2) is 4.39 Å². The van der Waals surface area contributed by atoms with Crippen molar-refractivity contribution in [2.45, 2.75) is 6.54 Å². The molecule has 0 aliphatic carbocycles. The zero-order valence-electron chi connectivity index (χ0n) is 9.18. The molecule has 1 N–H and O–H groups in total. The van der Waals surface area contributed by atoms with Gasteiger partial charge >= 0.3 is 0 Å². The van der Waals surface area contributed by atoms with Crippen molar-refractivity contribution in [1.29, 1.82) is 0 Å². The van der Waals surface area contributed by atoms with Crippen molar-refractivity contribution in [1.82, 2.24) is 0 Å². The summed E-state index contributed by atoms with van der Waals surface area (Å²) in [5, 5.41) is 3.91. The number of rotatable bonds is 3. The quantitative estimate of drug-likeness (QED) is 0.625. The lowest BCUT2D eigenvalue weighted by Crippen LogP contribution is -2.00. The molecule has 5 heteroatoms. The number of benzene rings is 2. The van der Waals surface area contributed by atoms with Gasteiger partial charge in [0.05, 0.1) is 15.2 Å². The minimum Gasteiger partial charge on any atom is -0.380 e. The molecule has 0 heterocycles. The molecule has 0 fully saturated rings. The maximum Gasteiger partial charge on any atom is 0.137 e. The van der Waals surface area contributed by atoms with E-state index in [0.29, 0.717) is 16.0 Å². The van der Waals surface area contributed by atoms with Crippen LogP contribution in [-0.2, 0) is 6.54 Å². The van der Waals surface area contributed by atoms with E-state index in [-0.39, 0.29) is 5.82 Å². The number of halogens is 4. The first-order valence-corrected chi connectivity index (χ1v) is 7.44. The maximum absolute atomic E-state index is 13.1. The summed E-state index contributed by atoms with van der Waals surface area (Å²) < 4.78 is 14.7. The van der Waals surface area contributed by atoms with Gasteiger partial charge in [0.2, 0.25) is 0 Å². The number of anilines is 1. The first-order valence-electron chi connectivity index (χ1n) is 5.19. The first-order chi connectivity index (χ1) is 8.56. The van der Waals surface area contributed by atoms with Crippen molar-refractivity contribution >= 4 is 55.8 Å². The van der Waals surface area contributed by atoms with Gasteiger partial charge in [0, 0.05) is 10.1 Å². The summed E-state index contributed by atoms with van der Waals surface area (Å²) in [6.07, 6.45) is 0. The van der Waals surface area contributed by atoms with Crippen LogP contribution >= 0.6 is 50.1 Å². The van der Waals surface area contributed by atoms with Crippen LogP contribution in [0.5, 0.6) is 0 Å². The number of hydrogen-bond donors (Lipinski definition) is 1. The molecule has 0 radical (unpaired) electrons. The highest BCUT2D eigenvalue weighted by atomic mass is 127. The summed E-state index contributed by atoms with van der Waals surface area (Å²) in [4.78, 5) is 0. The largest absolute Gasteiger partial charge is 0.380 e. The lowest BCUT2D eigenvalue weighted by molar-refractivity contribution is 0.620. The summed E-state index contributed by atoms with van der Waals surface area (Å²) in [7, 11) is 0. The standard InChI is InChI=1S/C13H9BrClFIN/c14-10-5-8(1-4-12(10)16)7-18-13-6-9(17)2-3-11(13)15/h1-6,18H,7H2. The Hall–Kier alpha value is -0.330. The molecule has 0 unspecified atom stereocenters. The Morgan fingerprint density at radius 2 is 2.00 bits per heavy atom. The third-order valence-corrected chi connectivity index (χ3v) is 4.00. The fourth-order valence-electron chi connectivity index (χ4n) is 1.48. The Bertz CT molecular complexity index is 577. The molecule has 0 aromatic heterocycles. The molecule has 2 aromatic carbocycles. The monoisotopic (exact) mass is 439 g/mol. The average Bonchev–Trinajstić information content (AvgIpc) is 2.34. The van der Waals surface area contributed by atoms with Gasteiger partial charge in [0.25, 0.3) is 0 Å². The smallest absolute Gasteiger partial charge is 0.137 e. The normalized spacial score (nSPS) is 10.4. The van der Waals surface area contributed by atoms with Gasteiger partial charge in [-0.2, -0.15) is 0 Å². The Labute approximate surface area is 132 Å². The third kappa shape index (κ3) is 3.59. The Kier molecular flexibility index (Phi) is 4.86. The van der Waals surface area contributed by atoms with E-state index in [0.717, 1.165) is 14.8 Å². The van der Waals surface area contributed by atoms with Crippen molar-refractivity contribution in [2.75, 3.05) is 5.32 Å². The highest BCUT2D eigenvalue weighted by molar-refractivity contribution is 14.1. The molecule has 0 aliphatic rings. The maximum atomic E-state index is 13.1. The van der Waals surface area contributed by atoms with Gasteiger partial charge < -0.3 is 5.32 Å². The lowest BCUT2D eigenvalue weighted by atomic mass is 10.2. The lowest BCUT2D eigenvalue weighted by Gasteiger charge is -2.09. The minimum absolute atomic E-state index is 0.258. The second kappa shape index (κ2) is 6.21. The molecule has 0 atom stereocenters. The van der Waals surface area contributed by atoms with Gasteiger partial charge in [0.1, 0.15) is 5.82 Å². The molecule has 94 valence electrons. The molecule has 0 bridgehead atoms. The molecule has 0 spiro atoms. The topological polar surface area (TPSA) is 12.0 Å². The molecule has 18 heavy (non-hydrogen) atoms. The average molecular weight is 440 g/mol. The highest BCUT2D eigenvalue weighted by Gasteiger charge is 2.03.